The van der Waals surface area contributed by atoms with Crippen molar-refractivity contribution in [3.63, 3.8) is 0 Å². The van der Waals surface area contributed by atoms with Crippen LogP contribution in [-0.4, -0.2) is 40.7 Å². The molecule has 0 unspecified atom stereocenters. The zero-order valence-electron chi connectivity index (χ0n) is 15.2. The van der Waals surface area contributed by atoms with Gasteiger partial charge in [-0.1, -0.05) is 12.1 Å². The van der Waals surface area contributed by atoms with Crippen molar-refractivity contribution in [1.82, 2.24) is 14.5 Å². The summed E-state index contributed by atoms with van der Waals surface area (Å²) in [6, 6.07) is 10.1. The smallest absolute Gasteiger partial charge is 0.259 e. The van der Waals surface area contributed by atoms with Crippen molar-refractivity contribution < 1.29 is 4.74 Å². The van der Waals surface area contributed by atoms with Gasteiger partial charge in [-0.2, -0.15) is 0 Å². The first-order valence-corrected chi connectivity index (χ1v) is 9.01. The molecule has 1 aliphatic heterocycles. The highest BCUT2D eigenvalue weighted by Gasteiger charge is 2.18. The molecule has 1 saturated heterocycles. The molecule has 5 heteroatoms. The van der Waals surface area contributed by atoms with Crippen LogP contribution in [0.1, 0.15) is 12.8 Å². The Morgan fingerprint density at radius 1 is 1.04 bits per heavy atom. The van der Waals surface area contributed by atoms with Crippen LogP contribution in [-0.2, 0) is 7.05 Å². The van der Waals surface area contributed by atoms with Crippen LogP contribution < -0.4 is 10.3 Å². The van der Waals surface area contributed by atoms with Crippen LogP contribution in [0.5, 0.6) is 5.75 Å². The molecule has 2 aromatic heterocycles. The van der Waals surface area contributed by atoms with Gasteiger partial charge in [-0.25, -0.2) is 0 Å². The number of ether oxygens (including phenoxy) is 1. The third kappa shape index (κ3) is 3.22. The Hall–Kier alpha value is -2.66. The molecule has 134 valence electrons. The van der Waals surface area contributed by atoms with Crippen molar-refractivity contribution in [3.8, 4) is 16.9 Å². The van der Waals surface area contributed by atoms with Crippen molar-refractivity contribution in [3.05, 3.63) is 59.3 Å². The zero-order chi connectivity index (χ0) is 18.1. The zero-order valence-corrected chi connectivity index (χ0v) is 15.2. The minimum atomic E-state index is -0.0286. The van der Waals surface area contributed by atoms with Crippen molar-refractivity contribution in [2.24, 2.45) is 7.05 Å². The first kappa shape index (κ1) is 16.8. The molecule has 1 aromatic carbocycles. The van der Waals surface area contributed by atoms with E-state index in [2.05, 4.69) is 29.1 Å². The van der Waals surface area contributed by atoms with Gasteiger partial charge >= 0.3 is 0 Å². The monoisotopic (exact) mass is 349 g/mol. The van der Waals surface area contributed by atoms with Gasteiger partial charge in [0.15, 0.2) is 0 Å². The summed E-state index contributed by atoms with van der Waals surface area (Å²) in [6.45, 7) is 2.17. The SMILES string of the molecule is CN1CCC(Oc2ccc(-c3cn(C)c(=O)c4cnccc34)cc2)CC1. The molecule has 1 aliphatic rings. The molecule has 1 fully saturated rings. The standard InChI is InChI=1S/C21H23N3O2/c1-23-11-8-17(9-12-23)26-16-5-3-15(4-6-16)20-14-24(2)21(25)19-13-22-10-7-18(19)20/h3-7,10,13-14,17H,8-9,11-12H2,1-2H3. The lowest BCUT2D eigenvalue weighted by molar-refractivity contribution is 0.114. The van der Waals surface area contributed by atoms with E-state index in [9.17, 15) is 4.79 Å². The van der Waals surface area contributed by atoms with Gasteiger partial charge in [-0.3, -0.25) is 9.78 Å². The van der Waals surface area contributed by atoms with Gasteiger partial charge in [-0.15, -0.1) is 0 Å². The van der Waals surface area contributed by atoms with E-state index in [0.717, 1.165) is 48.2 Å². The van der Waals surface area contributed by atoms with Gasteiger partial charge in [-0.05, 0) is 49.0 Å². The summed E-state index contributed by atoms with van der Waals surface area (Å²) >= 11 is 0. The summed E-state index contributed by atoms with van der Waals surface area (Å²) in [4.78, 5) is 18.7. The molecular formula is C21H23N3O2. The van der Waals surface area contributed by atoms with E-state index in [0.29, 0.717) is 11.5 Å². The van der Waals surface area contributed by atoms with E-state index in [1.807, 2.05) is 24.4 Å². The van der Waals surface area contributed by atoms with Gasteiger partial charge in [0.2, 0.25) is 0 Å². The van der Waals surface area contributed by atoms with Crippen LogP contribution >= 0.6 is 0 Å². The van der Waals surface area contributed by atoms with Crippen molar-refractivity contribution in [2.45, 2.75) is 18.9 Å². The maximum Gasteiger partial charge on any atom is 0.259 e. The predicted octanol–water partition coefficient (Wildman–Crippen LogP) is 3.07. The average molecular weight is 349 g/mol. The highest BCUT2D eigenvalue weighted by Crippen LogP contribution is 2.28. The number of fused-ring (bicyclic) bond motifs is 1. The topological polar surface area (TPSA) is 47.4 Å². The van der Waals surface area contributed by atoms with E-state index in [1.54, 1.807) is 24.0 Å². The van der Waals surface area contributed by atoms with Crippen LogP contribution in [0, 0.1) is 0 Å². The number of nitrogens with zero attached hydrogens (tertiary/aromatic N) is 3. The summed E-state index contributed by atoms with van der Waals surface area (Å²) in [5.41, 5.74) is 2.06. The Labute approximate surface area is 152 Å². The normalized spacial score (nSPS) is 16.1. The third-order valence-corrected chi connectivity index (χ3v) is 5.12. The molecule has 0 spiro atoms. The quantitative estimate of drug-likeness (QED) is 0.729. The average Bonchev–Trinajstić information content (AvgIpc) is 2.67. The Kier molecular flexibility index (Phi) is 4.47. The number of hydrogen-bond donors (Lipinski definition) is 0. The summed E-state index contributed by atoms with van der Waals surface area (Å²) in [7, 11) is 3.92. The minimum Gasteiger partial charge on any atom is -0.490 e. The number of benzene rings is 1. The first-order chi connectivity index (χ1) is 12.6. The van der Waals surface area contributed by atoms with Gasteiger partial charge < -0.3 is 14.2 Å². The second kappa shape index (κ2) is 6.92. The van der Waals surface area contributed by atoms with E-state index in [4.69, 9.17) is 4.74 Å². The number of hydrogen-bond acceptors (Lipinski definition) is 4. The molecule has 0 amide bonds. The van der Waals surface area contributed by atoms with Crippen LogP contribution in [0.3, 0.4) is 0 Å². The fourth-order valence-corrected chi connectivity index (χ4v) is 3.55. The lowest BCUT2D eigenvalue weighted by atomic mass is 10.0. The van der Waals surface area contributed by atoms with Crippen molar-refractivity contribution in [1.29, 1.82) is 0 Å². The van der Waals surface area contributed by atoms with Crippen molar-refractivity contribution in [2.75, 3.05) is 20.1 Å². The van der Waals surface area contributed by atoms with Gasteiger partial charge in [0.25, 0.3) is 5.56 Å². The molecule has 3 aromatic rings. The predicted molar refractivity (Wildman–Crippen MR) is 104 cm³/mol. The van der Waals surface area contributed by atoms with Crippen molar-refractivity contribution >= 4 is 10.8 Å². The number of pyridine rings is 2. The summed E-state index contributed by atoms with van der Waals surface area (Å²) < 4.78 is 7.75. The molecule has 0 bridgehead atoms. The maximum absolute atomic E-state index is 12.3. The molecule has 26 heavy (non-hydrogen) atoms. The van der Waals surface area contributed by atoms with E-state index in [-0.39, 0.29) is 5.56 Å². The third-order valence-electron chi connectivity index (χ3n) is 5.12. The minimum absolute atomic E-state index is 0.0286. The molecule has 0 radical (unpaired) electrons. The summed E-state index contributed by atoms with van der Waals surface area (Å²) in [5, 5.41) is 1.56. The Morgan fingerprint density at radius 3 is 2.50 bits per heavy atom. The molecule has 0 atom stereocenters. The Morgan fingerprint density at radius 2 is 1.77 bits per heavy atom. The van der Waals surface area contributed by atoms with Gasteiger partial charge in [0, 0.05) is 44.3 Å². The van der Waals surface area contributed by atoms with Crippen LogP contribution in [0.25, 0.3) is 21.9 Å². The number of aryl methyl sites for hydroxylation is 1. The van der Waals surface area contributed by atoms with Crippen LogP contribution in [0.2, 0.25) is 0 Å². The number of piperidine rings is 1. The summed E-state index contributed by atoms with van der Waals surface area (Å²) in [5.74, 6) is 0.902. The highest BCUT2D eigenvalue weighted by molar-refractivity contribution is 5.95. The highest BCUT2D eigenvalue weighted by atomic mass is 16.5. The first-order valence-electron chi connectivity index (χ1n) is 9.01. The van der Waals surface area contributed by atoms with E-state index < -0.39 is 0 Å². The van der Waals surface area contributed by atoms with Crippen LogP contribution in [0.15, 0.2) is 53.7 Å². The van der Waals surface area contributed by atoms with Crippen LogP contribution in [0.4, 0.5) is 0 Å². The van der Waals surface area contributed by atoms with E-state index in [1.165, 1.54) is 0 Å². The molecule has 0 saturated carbocycles. The second-order valence-electron chi connectivity index (χ2n) is 7.02. The fraction of sp³-hybridized carbons (Fsp3) is 0.333. The van der Waals surface area contributed by atoms with E-state index >= 15 is 0 Å². The number of likely N-dealkylation sites (tertiary alicyclic amines) is 1. The molecule has 5 nitrogen and oxygen atoms in total. The number of aromatic nitrogens is 2. The second-order valence-corrected chi connectivity index (χ2v) is 7.02. The molecule has 0 N–H and O–H groups in total. The fourth-order valence-electron chi connectivity index (χ4n) is 3.55. The lowest BCUT2D eigenvalue weighted by Crippen LogP contribution is -2.35. The van der Waals surface area contributed by atoms with Gasteiger partial charge in [0.1, 0.15) is 11.9 Å². The number of rotatable bonds is 3. The maximum atomic E-state index is 12.3. The van der Waals surface area contributed by atoms with Gasteiger partial charge in [0.05, 0.1) is 5.39 Å². The Bertz CT molecular complexity index is 971. The summed E-state index contributed by atoms with van der Waals surface area (Å²) in [6.07, 6.45) is 7.67. The Balaban J connectivity index is 1.62. The molecule has 4 rings (SSSR count). The molecule has 3 heterocycles. The largest absolute Gasteiger partial charge is 0.490 e. The molecular weight excluding hydrogens is 326 g/mol. The lowest BCUT2D eigenvalue weighted by Gasteiger charge is -2.29. The molecule has 0 aliphatic carbocycles.